The number of H-pyrrole nitrogens is 1. The first-order valence-corrected chi connectivity index (χ1v) is 6.18. The molecule has 1 aromatic heterocycles. The number of hydrogen-bond acceptors (Lipinski definition) is 1. The second kappa shape index (κ2) is 3.93. The highest BCUT2D eigenvalue weighted by molar-refractivity contribution is 6.34. The van der Waals surface area contributed by atoms with Crippen LogP contribution in [0.3, 0.4) is 0 Å². The first-order valence-electron chi connectivity index (χ1n) is 5.42. The fourth-order valence-electron chi connectivity index (χ4n) is 1.94. The lowest BCUT2D eigenvalue weighted by Crippen LogP contribution is -2.05. The van der Waals surface area contributed by atoms with Gasteiger partial charge in [0.2, 0.25) is 0 Å². The number of nitrogens with zero attached hydrogens (tertiary/aromatic N) is 1. The summed E-state index contributed by atoms with van der Waals surface area (Å²) in [5, 5.41) is 3.94. The Hall–Kier alpha value is -1.19. The van der Waals surface area contributed by atoms with Gasteiger partial charge in [0.1, 0.15) is 0 Å². The van der Waals surface area contributed by atoms with Gasteiger partial charge in [-0.2, -0.15) is 0 Å². The van der Waals surface area contributed by atoms with E-state index in [9.17, 15) is 4.79 Å². The molecular formula is C12H10Cl2N2O. The van der Waals surface area contributed by atoms with Gasteiger partial charge in [0, 0.05) is 22.7 Å². The minimum atomic E-state index is -0.108. The van der Waals surface area contributed by atoms with E-state index in [-0.39, 0.29) is 5.56 Å². The topological polar surface area (TPSA) is 37.8 Å². The molecule has 0 unspecified atom stereocenters. The second-order valence-electron chi connectivity index (χ2n) is 4.25. The number of aromatic amines is 1. The number of benzene rings is 1. The van der Waals surface area contributed by atoms with E-state index < -0.39 is 0 Å². The monoisotopic (exact) mass is 268 g/mol. The third kappa shape index (κ3) is 2.01. The molecule has 1 fully saturated rings. The molecule has 0 spiro atoms. The summed E-state index contributed by atoms with van der Waals surface area (Å²) in [4.78, 5) is 11.5. The molecule has 3 rings (SSSR count). The quantitative estimate of drug-likeness (QED) is 0.891. The van der Waals surface area contributed by atoms with Crippen LogP contribution in [0.15, 0.2) is 29.1 Å². The van der Waals surface area contributed by atoms with Crippen molar-refractivity contribution in [1.82, 2.24) is 9.78 Å². The maximum absolute atomic E-state index is 11.5. The normalized spacial score (nSPS) is 15.2. The molecule has 1 heterocycles. The lowest BCUT2D eigenvalue weighted by atomic mass is 10.2. The first-order chi connectivity index (χ1) is 8.15. The highest BCUT2D eigenvalue weighted by atomic mass is 35.5. The zero-order valence-electron chi connectivity index (χ0n) is 8.91. The standard InChI is InChI=1S/C12H10Cl2N2O/c13-8-3-4-9(14)11(5-8)16-10(7-1-2-7)6-12(17)15-16/h3-7H,1-2H2,(H,15,17). The van der Waals surface area contributed by atoms with Gasteiger partial charge in [0.25, 0.3) is 5.56 Å². The second-order valence-corrected chi connectivity index (χ2v) is 5.09. The predicted octanol–water partition coefficient (Wildman–Crippen LogP) is 3.35. The molecule has 0 atom stereocenters. The average Bonchev–Trinajstić information content (AvgIpc) is 3.06. The summed E-state index contributed by atoms with van der Waals surface area (Å²) in [6.07, 6.45) is 2.24. The Morgan fingerprint density at radius 3 is 2.71 bits per heavy atom. The Morgan fingerprint density at radius 1 is 1.24 bits per heavy atom. The minimum Gasteiger partial charge on any atom is -0.268 e. The number of hydrogen-bond donors (Lipinski definition) is 1. The Labute approximate surface area is 108 Å². The third-order valence-corrected chi connectivity index (χ3v) is 3.46. The molecule has 88 valence electrons. The van der Waals surface area contributed by atoms with Gasteiger partial charge in [-0.15, -0.1) is 0 Å². The van der Waals surface area contributed by atoms with Gasteiger partial charge < -0.3 is 0 Å². The summed E-state index contributed by atoms with van der Waals surface area (Å²) in [7, 11) is 0. The van der Waals surface area contributed by atoms with Gasteiger partial charge in [-0.25, -0.2) is 0 Å². The van der Waals surface area contributed by atoms with E-state index in [1.807, 2.05) is 0 Å². The lowest BCUT2D eigenvalue weighted by molar-refractivity contribution is 0.800. The van der Waals surface area contributed by atoms with E-state index in [1.54, 1.807) is 28.9 Å². The first kappa shape index (κ1) is 10.9. The van der Waals surface area contributed by atoms with Crippen LogP contribution in [-0.4, -0.2) is 9.78 Å². The smallest absolute Gasteiger partial charge is 0.264 e. The van der Waals surface area contributed by atoms with Gasteiger partial charge in [0.05, 0.1) is 10.7 Å². The molecule has 5 heteroatoms. The van der Waals surface area contributed by atoms with E-state index >= 15 is 0 Å². The van der Waals surface area contributed by atoms with Crippen LogP contribution in [0.5, 0.6) is 0 Å². The van der Waals surface area contributed by atoms with Crippen LogP contribution in [0.2, 0.25) is 10.0 Å². The molecule has 0 bridgehead atoms. The molecule has 1 aliphatic carbocycles. The summed E-state index contributed by atoms with van der Waals surface area (Å²) < 4.78 is 1.74. The molecule has 0 radical (unpaired) electrons. The fourth-order valence-corrected chi connectivity index (χ4v) is 2.31. The van der Waals surface area contributed by atoms with E-state index in [0.29, 0.717) is 16.0 Å². The van der Waals surface area contributed by atoms with Crippen molar-refractivity contribution in [3.63, 3.8) is 0 Å². The van der Waals surface area contributed by atoms with Crippen molar-refractivity contribution in [1.29, 1.82) is 0 Å². The molecule has 2 aromatic rings. The Morgan fingerprint density at radius 2 is 2.00 bits per heavy atom. The number of nitrogens with one attached hydrogen (secondary N) is 1. The van der Waals surface area contributed by atoms with Crippen LogP contribution in [0.4, 0.5) is 0 Å². The molecule has 0 saturated heterocycles. The number of halogens is 2. The molecule has 1 N–H and O–H groups in total. The Balaban J connectivity index is 2.20. The molecule has 0 aliphatic heterocycles. The maximum Gasteiger partial charge on any atom is 0.264 e. The SMILES string of the molecule is O=c1cc(C2CC2)n(-c2cc(Cl)ccc2Cl)[nH]1. The molecule has 0 amide bonds. The summed E-state index contributed by atoms with van der Waals surface area (Å²) in [6.45, 7) is 0. The maximum atomic E-state index is 11.5. The Kier molecular flexibility index (Phi) is 2.53. The highest BCUT2D eigenvalue weighted by Crippen LogP contribution is 2.40. The molecular weight excluding hydrogens is 259 g/mol. The highest BCUT2D eigenvalue weighted by Gasteiger charge is 2.28. The van der Waals surface area contributed by atoms with E-state index in [4.69, 9.17) is 23.2 Å². The Bertz CT molecular complexity index is 626. The summed E-state index contributed by atoms with van der Waals surface area (Å²) >= 11 is 12.1. The van der Waals surface area contributed by atoms with Crippen molar-refractivity contribution in [2.24, 2.45) is 0 Å². The predicted molar refractivity (Wildman–Crippen MR) is 68.4 cm³/mol. The van der Waals surface area contributed by atoms with Crippen molar-refractivity contribution in [2.45, 2.75) is 18.8 Å². The minimum absolute atomic E-state index is 0.108. The average molecular weight is 269 g/mol. The molecule has 1 saturated carbocycles. The van der Waals surface area contributed by atoms with Crippen LogP contribution < -0.4 is 5.56 Å². The van der Waals surface area contributed by atoms with Crippen LogP contribution in [0.1, 0.15) is 24.5 Å². The van der Waals surface area contributed by atoms with Crippen molar-refractivity contribution in [2.75, 3.05) is 0 Å². The molecule has 1 aromatic carbocycles. The molecule has 17 heavy (non-hydrogen) atoms. The number of aromatic nitrogens is 2. The van der Waals surface area contributed by atoms with Crippen molar-refractivity contribution in [3.8, 4) is 5.69 Å². The largest absolute Gasteiger partial charge is 0.268 e. The van der Waals surface area contributed by atoms with Crippen LogP contribution in [0.25, 0.3) is 5.69 Å². The zero-order chi connectivity index (χ0) is 12.0. The fraction of sp³-hybridized carbons (Fsp3) is 0.250. The van der Waals surface area contributed by atoms with Crippen molar-refractivity contribution >= 4 is 23.2 Å². The third-order valence-electron chi connectivity index (χ3n) is 2.90. The van der Waals surface area contributed by atoms with Crippen LogP contribution >= 0.6 is 23.2 Å². The van der Waals surface area contributed by atoms with Gasteiger partial charge in [-0.3, -0.25) is 14.6 Å². The van der Waals surface area contributed by atoms with E-state index in [0.717, 1.165) is 24.2 Å². The van der Waals surface area contributed by atoms with Crippen LogP contribution in [0, 0.1) is 0 Å². The van der Waals surface area contributed by atoms with E-state index in [2.05, 4.69) is 5.10 Å². The summed E-state index contributed by atoms with van der Waals surface area (Å²) in [5.41, 5.74) is 1.60. The zero-order valence-corrected chi connectivity index (χ0v) is 10.4. The lowest BCUT2D eigenvalue weighted by Gasteiger charge is -2.09. The molecule has 3 nitrogen and oxygen atoms in total. The van der Waals surface area contributed by atoms with Gasteiger partial charge in [0.15, 0.2) is 0 Å². The van der Waals surface area contributed by atoms with Gasteiger partial charge >= 0.3 is 0 Å². The van der Waals surface area contributed by atoms with Crippen LogP contribution in [-0.2, 0) is 0 Å². The van der Waals surface area contributed by atoms with Gasteiger partial charge in [-0.1, -0.05) is 23.2 Å². The number of rotatable bonds is 2. The van der Waals surface area contributed by atoms with Gasteiger partial charge in [-0.05, 0) is 31.0 Å². The summed E-state index contributed by atoms with van der Waals surface area (Å²) in [6, 6.07) is 6.85. The summed E-state index contributed by atoms with van der Waals surface area (Å²) in [5.74, 6) is 0.462. The van der Waals surface area contributed by atoms with Crippen molar-refractivity contribution in [3.05, 3.63) is 50.4 Å². The van der Waals surface area contributed by atoms with E-state index in [1.165, 1.54) is 0 Å². The van der Waals surface area contributed by atoms with Crippen molar-refractivity contribution < 1.29 is 0 Å². The molecule has 1 aliphatic rings.